The van der Waals surface area contributed by atoms with Gasteiger partial charge in [-0.2, -0.15) is 4.98 Å². The molecule has 8 heteroatoms. The van der Waals surface area contributed by atoms with Crippen LogP contribution in [0.15, 0.2) is 0 Å². The first-order valence-corrected chi connectivity index (χ1v) is 9.27. The highest BCUT2D eigenvalue weighted by molar-refractivity contribution is 5.75. The van der Waals surface area contributed by atoms with Gasteiger partial charge in [0.15, 0.2) is 0 Å². The monoisotopic (exact) mass is 362 g/mol. The summed E-state index contributed by atoms with van der Waals surface area (Å²) in [6.45, 7) is 2.71. The maximum absolute atomic E-state index is 11.2. The summed E-state index contributed by atoms with van der Waals surface area (Å²) < 4.78 is 0. The van der Waals surface area contributed by atoms with Crippen LogP contribution in [0, 0.1) is 0 Å². The molecular weight excluding hydrogens is 332 g/mol. The van der Waals surface area contributed by atoms with Crippen LogP contribution < -0.4 is 15.5 Å². The Morgan fingerprint density at radius 1 is 1.23 bits per heavy atom. The van der Waals surface area contributed by atoms with Crippen molar-refractivity contribution in [3.05, 3.63) is 11.3 Å². The standard InChI is InChI=1S/C18H30N6O2/c1-22(2)17-20-15-13(16(21-17)23(3)10-11-25)4-5-18(15)6-8-24(9-7-18)12-14(19)26/h25H,4-12H2,1-3H3,(H2,19,26). The van der Waals surface area contributed by atoms with Crippen LogP contribution in [0.1, 0.15) is 30.5 Å². The number of likely N-dealkylation sites (tertiary alicyclic amines) is 1. The van der Waals surface area contributed by atoms with Crippen LogP contribution in [0.25, 0.3) is 0 Å². The van der Waals surface area contributed by atoms with E-state index >= 15 is 0 Å². The molecular formula is C18H30N6O2. The lowest BCUT2D eigenvalue weighted by molar-refractivity contribution is -0.119. The summed E-state index contributed by atoms with van der Waals surface area (Å²) in [6.07, 6.45) is 4.00. The van der Waals surface area contributed by atoms with Gasteiger partial charge in [0.1, 0.15) is 5.82 Å². The molecule has 26 heavy (non-hydrogen) atoms. The van der Waals surface area contributed by atoms with Gasteiger partial charge >= 0.3 is 0 Å². The van der Waals surface area contributed by atoms with Crippen LogP contribution in [-0.4, -0.2) is 79.8 Å². The number of aromatic nitrogens is 2. The van der Waals surface area contributed by atoms with Crippen molar-refractivity contribution in [3.8, 4) is 0 Å². The minimum atomic E-state index is -0.266. The number of nitrogens with two attached hydrogens (primary N) is 1. The van der Waals surface area contributed by atoms with Gasteiger partial charge in [0.25, 0.3) is 0 Å². The second-order valence-electron chi connectivity index (χ2n) is 7.74. The van der Waals surface area contributed by atoms with E-state index in [9.17, 15) is 9.90 Å². The molecule has 144 valence electrons. The molecule has 0 unspecified atom stereocenters. The van der Waals surface area contributed by atoms with Crippen molar-refractivity contribution < 1.29 is 9.90 Å². The fourth-order valence-corrected chi connectivity index (χ4v) is 4.23. The Morgan fingerprint density at radius 2 is 1.92 bits per heavy atom. The Bertz CT molecular complexity index is 670. The predicted octanol–water partition coefficient (Wildman–Crippen LogP) is -0.264. The summed E-state index contributed by atoms with van der Waals surface area (Å²) in [7, 11) is 5.88. The van der Waals surface area contributed by atoms with E-state index in [1.165, 1.54) is 5.56 Å². The molecule has 0 radical (unpaired) electrons. The van der Waals surface area contributed by atoms with Crippen molar-refractivity contribution in [2.24, 2.45) is 5.73 Å². The number of primary amides is 1. The average Bonchev–Trinajstić information content (AvgIpc) is 2.94. The third-order valence-corrected chi connectivity index (χ3v) is 5.72. The number of carbonyl (C=O) groups is 1. The van der Waals surface area contributed by atoms with Crippen molar-refractivity contribution in [1.29, 1.82) is 0 Å². The Morgan fingerprint density at radius 3 is 2.50 bits per heavy atom. The molecule has 1 fully saturated rings. The number of likely N-dealkylation sites (N-methyl/N-ethyl adjacent to an activating group) is 1. The van der Waals surface area contributed by atoms with E-state index in [1.807, 2.05) is 30.9 Å². The fourth-order valence-electron chi connectivity index (χ4n) is 4.23. The van der Waals surface area contributed by atoms with E-state index in [2.05, 4.69) is 4.90 Å². The molecule has 1 saturated heterocycles. The first-order valence-electron chi connectivity index (χ1n) is 9.27. The van der Waals surface area contributed by atoms with Crippen LogP contribution in [-0.2, 0) is 16.6 Å². The van der Waals surface area contributed by atoms with Crippen molar-refractivity contribution in [3.63, 3.8) is 0 Å². The van der Waals surface area contributed by atoms with Crippen molar-refractivity contribution in [1.82, 2.24) is 14.9 Å². The average molecular weight is 362 g/mol. The van der Waals surface area contributed by atoms with Gasteiger partial charge in [0.05, 0.1) is 18.8 Å². The molecule has 8 nitrogen and oxygen atoms in total. The molecule has 0 bridgehead atoms. The summed E-state index contributed by atoms with van der Waals surface area (Å²) in [4.78, 5) is 27.0. The number of aliphatic hydroxyl groups excluding tert-OH is 1. The summed E-state index contributed by atoms with van der Waals surface area (Å²) in [5.41, 5.74) is 7.79. The molecule has 2 aliphatic rings. The minimum Gasteiger partial charge on any atom is -0.395 e. The number of hydrogen-bond acceptors (Lipinski definition) is 7. The van der Waals surface area contributed by atoms with Gasteiger partial charge in [-0.1, -0.05) is 0 Å². The molecule has 2 heterocycles. The molecule has 0 atom stereocenters. The number of amides is 1. The van der Waals surface area contributed by atoms with E-state index in [0.717, 1.165) is 50.3 Å². The molecule has 0 aromatic carbocycles. The molecule has 1 amide bonds. The van der Waals surface area contributed by atoms with E-state index in [0.29, 0.717) is 19.0 Å². The molecule has 0 saturated carbocycles. The van der Waals surface area contributed by atoms with Gasteiger partial charge in [-0.3, -0.25) is 9.69 Å². The molecule has 3 rings (SSSR count). The highest BCUT2D eigenvalue weighted by Gasteiger charge is 2.44. The van der Waals surface area contributed by atoms with E-state index < -0.39 is 0 Å². The van der Waals surface area contributed by atoms with Crippen molar-refractivity contribution in [2.75, 3.05) is 63.7 Å². The van der Waals surface area contributed by atoms with Gasteiger partial charge in [-0.05, 0) is 38.8 Å². The topological polar surface area (TPSA) is 98.8 Å². The number of carbonyl (C=O) groups excluding carboxylic acids is 1. The lowest BCUT2D eigenvalue weighted by Gasteiger charge is -2.39. The zero-order valence-electron chi connectivity index (χ0n) is 16.0. The fraction of sp³-hybridized carbons (Fsp3) is 0.722. The van der Waals surface area contributed by atoms with Crippen LogP contribution in [0.2, 0.25) is 0 Å². The van der Waals surface area contributed by atoms with Crippen LogP contribution in [0.3, 0.4) is 0 Å². The Balaban J connectivity index is 1.93. The van der Waals surface area contributed by atoms with Gasteiger partial charge in [-0.15, -0.1) is 0 Å². The van der Waals surface area contributed by atoms with E-state index in [-0.39, 0.29) is 17.9 Å². The highest BCUT2D eigenvalue weighted by atomic mass is 16.3. The largest absolute Gasteiger partial charge is 0.395 e. The molecule has 1 spiro atoms. The molecule has 3 N–H and O–H groups in total. The molecule has 1 aromatic rings. The normalized spacial score (nSPS) is 18.8. The van der Waals surface area contributed by atoms with E-state index in [4.69, 9.17) is 15.7 Å². The zero-order chi connectivity index (χ0) is 18.9. The Hall–Kier alpha value is -1.93. The number of nitrogens with zero attached hydrogens (tertiary/aromatic N) is 5. The third-order valence-electron chi connectivity index (χ3n) is 5.72. The lowest BCUT2D eigenvalue weighted by atomic mass is 9.76. The Kier molecular flexibility index (Phi) is 5.34. The number of rotatable bonds is 6. The summed E-state index contributed by atoms with van der Waals surface area (Å²) >= 11 is 0. The highest BCUT2D eigenvalue weighted by Crippen LogP contribution is 2.47. The number of fused-ring (bicyclic) bond motifs is 2. The van der Waals surface area contributed by atoms with Gasteiger partial charge in [0.2, 0.25) is 11.9 Å². The predicted molar refractivity (Wildman–Crippen MR) is 102 cm³/mol. The quantitative estimate of drug-likeness (QED) is 0.719. The smallest absolute Gasteiger partial charge is 0.231 e. The Labute approximate surface area is 155 Å². The summed E-state index contributed by atoms with van der Waals surface area (Å²) in [5, 5.41) is 9.33. The lowest BCUT2D eigenvalue weighted by Crippen LogP contribution is -2.45. The van der Waals surface area contributed by atoms with Gasteiger partial charge < -0.3 is 20.6 Å². The SMILES string of the molecule is CN(C)c1nc(N(C)CCO)c2c(n1)C1(CC2)CCN(CC(N)=O)CC1. The number of anilines is 2. The molecule has 1 aliphatic heterocycles. The summed E-state index contributed by atoms with van der Waals surface area (Å²) in [5.74, 6) is 1.38. The van der Waals surface area contributed by atoms with Crippen LogP contribution in [0.4, 0.5) is 11.8 Å². The molecule has 1 aliphatic carbocycles. The van der Waals surface area contributed by atoms with Gasteiger partial charge in [0, 0.05) is 38.7 Å². The zero-order valence-corrected chi connectivity index (χ0v) is 16.0. The number of aliphatic hydroxyl groups is 1. The number of piperidine rings is 1. The van der Waals surface area contributed by atoms with Gasteiger partial charge in [-0.25, -0.2) is 4.98 Å². The second-order valence-corrected chi connectivity index (χ2v) is 7.74. The van der Waals surface area contributed by atoms with Crippen LogP contribution >= 0.6 is 0 Å². The maximum Gasteiger partial charge on any atom is 0.231 e. The third kappa shape index (κ3) is 3.48. The van der Waals surface area contributed by atoms with Crippen LogP contribution in [0.5, 0.6) is 0 Å². The minimum absolute atomic E-state index is 0.0615. The second kappa shape index (κ2) is 7.36. The first-order chi connectivity index (χ1) is 12.4. The van der Waals surface area contributed by atoms with Crippen molar-refractivity contribution in [2.45, 2.75) is 31.1 Å². The maximum atomic E-state index is 11.2. The summed E-state index contributed by atoms with van der Waals surface area (Å²) in [6, 6.07) is 0. The van der Waals surface area contributed by atoms with E-state index in [1.54, 1.807) is 0 Å². The van der Waals surface area contributed by atoms with Crippen molar-refractivity contribution >= 4 is 17.7 Å². The molecule has 1 aromatic heterocycles. The first kappa shape index (κ1) is 18.8. The number of hydrogen-bond donors (Lipinski definition) is 2.